The minimum atomic E-state index is -4.22. The number of nitrogens with two attached hydrogens (primary N) is 1. The van der Waals surface area contributed by atoms with Crippen molar-refractivity contribution < 1.29 is 32.1 Å². The molecule has 0 spiro atoms. The summed E-state index contributed by atoms with van der Waals surface area (Å²) in [6.07, 6.45) is 2.08. The van der Waals surface area contributed by atoms with Crippen LogP contribution in [0.2, 0.25) is 0 Å². The van der Waals surface area contributed by atoms with Crippen LogP contribution in [0.15, 0.2) is 60.8 Å². The SMILES string of the molecule is CC(C)(C)[C@@H](CO)NC(=O)c1ccc(-c2cccnc2C(=O)Nc2ccc(C(=N)N)cc2)c(C(=O)OS(C)(=O)=O)c1. The number of amidine groups is 1. The van der Waals surface area contributed by atoms with Crippen LogP contribution < -0.4 is 16.4 Å². The number of nitrogens with zero attached hydrogens (tertiary/aromatic N) is 1. The molecule has 1 aromatic heterocycles. The molecule has 0 aliphatic heterocycles. The average molecular weight is 582 g/mol. The van der Waals surface area contributed by atoms with E-state index in [-0.39, 0.29) is 40.4 Å². The number of aliphatic hydroxyl groups excluding tert-OH is 1. The average Bonchev–Trinajstić information content (AvgIpc) is 2.89. The summed E-state index contributed by atoms with van der Waals surface area (Å²) >= 11 is 0. The van der Waals surface area contributed by atoms with Crippen molar-refractivity contribution >= 4 is 39.4 Å². The van der Waals surface area contributed by atoms with Crippen molar-refractivity contribution in [1.29, 1.82) is 5.41 Å². The van der Waals surface area contributed by atoms with Crippen LogP contribution in [-0.2, 0) is 14.3 Å². The van der Waals surface area contributed by atoms with Crippen LogP contribution in [0.4, 0.5) is 5.69 Å². The number of aliphatic hydroxyl groups is 1. The van der Waals surface area contributed by atoms with Crippen LogP contribution in [0.5, 0.6) is 0 Å². The summed E-state index contributed by atoms with van der Waals surface area (Å²) in [4.78, 5) is 43.4. The van der Waals surface area contributed by atoms with Gasteiger partial charge in [-0.25, -0.2) is 4.79 Å². The molecule has 0 aliphatic rings. The number of carbonyl (C=O) groups is 3. The highest BCUT2D eigenvalue weighted by atomic mass is 32.2. The van der Waals surface area contributed by atoms with Crippen LogP contribution in [0.25, 0.3) is 11.1 Å². The third-order valence-corrected chi connectivity index (χ3v) is 6.48. The second-order valence-corrected chi connectivity index (χ2v) is 11.8. The molecule has 0 radical (unpaired) electrons. The van der Waals surface area contributed by atoms with E-state index in [0.717, 1.165) is 6.07 Å². The topological polar surface area (TPSA) is 202 Å². The van der Waals surface area contributed by atoms with Gasteiger partial charge in [0.1, 0.15) is 11.5 Å². The van der Waals surface area contributed by atoms with Crippen molar-refractivity contribution in [2.24, 2.45) is 11.1 Å². The van der Waals surface area contributed by atoms with Gasteiger partial charge in [0.2, 0.25) is 0 Å². The van der Waals surface area contributed by atoms with Gasteiger partial charge in [-0.2, -0.15) is 8.42 Å². The maximum absolute atomic E-state index is 13.2. The van der Waals surface area contributed by atoms with E-state index in [1.165, 1.54) is 30.5 Å². The molecule has 1 atom stereocenters. The summed E-state index contributed by atoms with van der Waals surface area (Å²) < 4.78 is 28.2. The number of hydrogen-bond acceptors (Lipinski definition) is 9. The van der Waals surface area contributed by atoms with E-state index in [9.17, 15) is 27.9 Å². The van der Waals surface area contributed by atoms with Crippen molar-refractivity contribution in [2.75, 3.05) is 18.2 Å². The van der Waals surface area contributed by atoms with Crippen molar-refractivity contribution in [3.05, 3.63) is 83.2 Å². The highest BCUT2D eigenvalue weighted by Gasteiger charge is 2.28. The van der Waals surface area contributed by atoms with E-state index >= 15 is 0 Å². The van der Waals surface area contributed by atoms with E-state index in [1.54, 1.807) is 24.3 Å². The molecule has 1 heterocycles. The normalized spacial score (nSPS) is 12.2. The number of pyridine rings is 1. The van der Waals surface area contributed by atoms with E-state index in [0.29, 0.717) is 17.5 Å². The minimum absolute atomic E-state index is 0.00245. The maximum Gasteiger partial charge on any atom is 0.354 e. The number of nitrogens with one attached hydrogen (secondary N) is 3. The quantitative estimate of drug-likeness (QED) is 0.143. The van der Waals surface area contributed by atoms with Gasteiger partial charge >= 0.3 is 16.1 Å². The van der Waals surface area contributed by atoms with Gasteiger partial charge in [-0.3, -0.25) is 20.0 Å². The molecule has 41 heavy (non-hydrogen) atoms. The standard InChI is InChI=1S/C28H31N5O7S/c1-28(2,3)22(15-34)33-25(35)17-9-12-19(21(14-17)27(37)40-41(4,38)39)20-6-5-13-31-23(20)26(36)32-18-10-7-16(8-11-18)24(29)30/h5-14,22,34H,15H2,1-4H3,(H3,29,30)(H,32,36)(H,33,35)/t22-/m1/s1. The molecule has 0 bridgehead atoms. The molecule has 2 amide bonds. The Balaban J connectivity index is 2.06. The first-order chi connectivity index (χ1) is 19.1. The second kappa shape index (κ2) is 12.3. The van der Waals surface area contributed by atoms with Crippen molar-refractivity contribution in [2.45, 2.75) is 26.8 Å². The van der Waals surface area contributed by atoms with Gasteiger partial charge in [0.05, 0.1) is 24.5 Å². The molecule has 12 nitrogen and oxygen atoms in total. The van der Waals surface area contributed by atoms with Crippen molar-refractivity contribution in [3.63, 3.8) is 0 Å². The van der Waals surface area contributed by atoms with E-state index in [4.69, 9.17) is 11.1 Å². The van der Waals surface area contributed by atoms with Gasteiger partial charge in [-0.15, -0.1) is 0 Å². The Morgan fingerprint density at radius 1 is 1.02 bits per heavy atom. The summed E-state index contributed by atoms with van der Waals surface area (Å²) in [5.41, 5.74) is 5.71. The lowest BCUT2D eigenvalue weighted by atomic mass is 9.87. The zero-order valence-electron chi connectivity index (χ0n) is 22.9. The highest BCUT2D eigenvalue weighted by molar-refractivity contribution is 7.86. The zero-order chi connectivity index (χ0) is 30.5. The predicted molar refractivity (Wildman–Crippen MR) is 153 cm³/mol. The van der Waals surface area contributed by atoms with Crippen molar-refractivity contribution in [3.8, 4) is 11.1 Å². The molecule has 0 saturated heterocycles. The lowest BCUT2D eigenvalue weighted by Gasteiger charge is -2.29. The molecule has 216 valence electrons. The van der Waals surface area contributed by atoms with Crippen molar-refractivity contribution in [1.82, 2.24) is 10.3 Å². The first kappa shape index (κ1) is 30.9. The number of amides is 2. The third kappa shape index (κ3) is 7.96. The lowest BCUT2D eigenvalue weighted by Crippen LogP contribution is -2.46. The van der Waals surface area contributed by atoms with Gasteiger partial charge in [-0.1, -0.05) is 32.9 Å². The molecule has 6 N–H and O–H groups in total. The zero-order valence-corrected chi connectivity index (χ0v) is 23.7. The Morgan fingerprint density at radius 2 is 1.66 bits per heavy atom. The molecule has 3 rings (SSSR count). The van der Waals surface area contributed by atoms with Crippen LogP contribution in [-0.4, -0.2) is 61.0 Å². The van der Waals surface area contributed by atoms with Gasteiger partial charge in [0.25, 0.3) is 11.8 Å². The second-order valence-electron chi connectivity index (χ2n) is 10.3. The Kier molecular flexibility index (Phi) is 9.25. The molecular formula is C28H31N5O7S. The number of carbonyl (C=O) groups excluding carboxylic acids is 3. The number of anilines is 1. The lowest BCUT2D eigenvalue weighted by molar-refractivity contribution is 0.0748. The monoisotopic (exact) mass is 581 g/mol. The number of benzene rings is 2. The number of hydrogen-bond donors (Lipinski definition) is 5. The molecule has 0 saturated carbocycles. The van der Waals surface area contributed by atoms with Gasteiger partial charge < -0.3 is 25.7 Å². The number of nitrogen functional groups attached to an aromatic ring is 1. The minimum Gasteiger partial charge on any atom is -0.394 e. The predicted octanol–water partition coefficient (Wildman–Crippen LogP) is 2.54. The van der Waals surface area contributed by atoms with E-state index < -0.39 is 39.4 Å². The Labute approximate surface area is 237 Å². The Morgan fingerprint density at radius 3 is 2.22 bits per heavy atom. The first-order valence-electron chi connectivity index (χ1n) is 12.3. The van der Waals surface area contributed by atoms with Gasteiger partial charge in [0, 0.05) is 28.6 Å². The van der Waals surface area contributed by atoms with Gasteiger partial charge in [0.15, 0.2) is 0 Å². The fourth-order valence-corrected chi connectivity index (χ4v) is 4.14. The maximum atomic E-state index is 13.2. The van der Waals surface area contributed by atoms with E-state index in [2.05, 4.69) is 19.8 Å². The molecular weight excluding hydrogens is 550 g/mol. The fraction of sp³-hybridized carbons (Fsp3) is 0.250. The molecule has 0 aliphatic carbocycles. The molecule has 0 unspecified atom stereocenters. The Hall–Kier alpha value is -4.62. The van der Waals surface area contributed by atoms with Gasteiger partial charge in [-0.05, 0) is 53.4 Å². The van der Waals surface area contributed by atoms with Crippen LogP contribution in [0.3, 0.4) is 0 Å². The van der Waals surface area contributed by atoms with Crippen LogP contribution in [0, 0.1) is 10.8 Å². The molecule has 0 fully saturated rings. The largest absolute Gasteiger partial charge is 0.394 e. The summed E-state index contributed by atoms with van der Waals surface area (Å²) in [6.45, 7) is 5.17. The highest BCUT2D eigenvalue weighted by Crippen LogP contribution is 2.29. The molecule has 13 heteroatoms. The number of rotatable bonds is 9. The summed E-state index contributed by atoms with van der Waals surface area (Å²) in [5.74, 6) is -2.65. The summed E-state index contributed by atoms with van der Waals surface area (Å²) in [5, 5.41) is 22.6. The van der Waals surface area contributed by atoms with Crippen LogP contribution in [0.1, 0.15) is 57.5 Å². The third-order valence-electron chi connectivity index (χ3n) is 6.03. The number of aromatic nitrogens is 1. The van der Waals surface area contributed by atoms with E-state index in [1.807, 2.05) is 20.8 Å². The summed E-state index contributed by atoms with van der Waals surface area (Å²) in [6, 6.07) is 12.6. The smallest absolute Gasteiger partial charge is 0.354 e. The summed E-state index contributed by atoms with van der Waals surface area (Å²) in [7, 11) is -4.22. The Bertz CT molecular complexity index is 1600. The molecule has 3 aromatic rings. The van der Waals surface area contributed by atoms with Crippen LogP contribution >= 0.6 is 0 Å². The fourth-order valence-electron chi connectivity index (χ4n) is 3.78. The first-order valence-corrected chi connectivity index (χ1v) is 14.1. The molecule has 2 aromatic carbocycles.